The maximum Gasteiger partial charge on any atom is 0.153 e. The van der Waals surface area contributed by atoms with E-state index in [4.69, 9.17) is 4.74 Å². The summed E-state index contributed by atoms with van der Waals surface area (Å²) in [4.78, 5) is 0. The molecule has 1 saturated carbocycles. The lowest BCUT2D eigenvalue weighted by Gasteiger charge is -2.00. The van der Waals surface area contributed by atoms with Gasteiger partial charge >= 0.3 is 0 Å². The Balaban J connectivity index is 2.14. The second-order valence-electron chi connectivity index (χ2n) is 2.98. The van der Waals surface area contributed by atoms with Crippen LogP contribution in [-0.4, -0.2) is 7.11 Å². The SMILES string of the molecule is COc1ccc(C2C[C]2F)cc1. The number of ether oxygens (including phenoxy) is 1. The van der Waals surface area contributed by atoms with Gasteiger partial charge in [-0.2, -0.15) is 0 Å². The molecule has 1 aliphatic carbocycles. The largest absolute Gasteiger partial charge is 0.497 e. The Morgan fingerprint density at radius 1 is 1.33 bits per heavy atom. The third-order valence-electron chi connectivity index (χ3n) is 2.14. The Hall–Kier alpha value is -1.05. The fraction of sp³-hybridized carbons (Fsp3) is 0.300. The number of rotatable bonds is 2. The first-order valence-corrected chi connectivity index (χ1v) is 3.96. The molecule has 12 heavy (non-hydrogen) atoms. The normalized spacial score (nSPS) is 22.3. The Morgan fingerprint density at radius 2 is 1.92 bits per heavy atom. The van der Waals surface area contributed by atoms with Gasteiger partial charge in [0.15, 0.2) is 6.17 Å². The van der Waals surface area contributed by atoms with Crippen molar-refractivity contribution in [2.45, 2.75) is 12.3 Å². The molecule has 0 amide bonds. The molecular formula is C10H10FO. The van der Waals surface area contributed by atoms with Gasteiger partial charge in [0, 0.05) is 5.92 Å². The smallest absolute Gasteiger partial charge is 0.153 e. The molecule has 1 aromatic carbocycles. The van der Waals surface area contributed by atoms with E-state index in [1.165, 1.54) is 0 Å². The van der Waals surface area contributed by atoms with Crippen LogP contribution in [0.1, 0.15) is 17.9 Å². The summed E-state index contributed by atoms with van der Waals surface area (Å²) in [5.74, 6) is 0.885. The molecule has 1 aliphatic rings. The summed E-state index contributed by atoms with van der Waals surface area (Å²) in [5, 5.41) is 0. The topological polar surface area (TPSA) is 9.23 Å². The highest BCUT2D eigenvalue weighted by molar-refractivity contribution is 5.36. The lowest BCUT2D eigenvalue weighted by atomic mass is 10.1. The molecule has 1 fully saturated rings. The van der Waals surface area contributed by atoms with Crippen molar-refractivity contribution in [3.05, 3.63) is 36.0 Å². The summed E-state index contributed by atoms with van der Waals surface area (Å²) in [7, 11) is 1.62. The highest BCUT2D eigenvalue weighted by Gasteiger charge is 2.40. The van der Waals surface area contributed by atoms with Crippen LogP contribution in [0.15, 0.2) is 24.3 Å². The third-order valence-corrected chi connectivity index (χ3v) is 2.14. The number of benzene rings is 1. The van der Waals surface area contributed by atoms with Crippen LogP contribution in [0.5, 0.6) is 5.75 Å². The molecule has 0 saturated heterocycles. The van der Waals surface area contributed by atoms with Crippen LogP contribution >= 0.6 is 0 Å². The summed E-state index contributed by atoms with van der Waals surface area (Å²) in [5.41, 5.74) is 1.05. The monoisotopic (exact) mass is 165 g/mol. The van der Waals surface area contributed by atoms with Gasteiger partial charge in [0.25, 0.3) is 0 Å². The van der Waals surface area contributed by atoms with Crippen LogP contribution in [0, 0.1) is 6.17 Å². The summed E-state index contributed by atoms with van der Waals surface area (Å²) in [6, 6.07) is 7.55. The molecule has 63 valence electrons. The van der Waals surface area contributed by atoms with Crippen molar-refractivity contribution in [3.8, 4) is 5.75 Å². The van der Waals surface area contributed by atoms with Crippen LogP contribution in [0.4, 0.5) is 4.39 Å². The molecule has 2 rings (SSSR count). The summed E-state index contributed by atoms with van der Waals surface area (Å²) in [6.07, 6.45) is 0.701. The molecule has 0 aliphatic heterocycles. The maximum atomic E-state index is 12.5. The Kier molecular flexibility index (Phi) is 1.75. The molecule has 2 heteroatoms. The average Bonchev–Trinajstić information content (AvgIpc) is 2.83. The molecular weight excluding hydrogens is 155 g/mol. The summed E-state index contributed by atoms with van der Waals surface area (Å²) < 4.78 is 17.5. The van der Waals surface area contributed by atoms with E-state index in [0.717, 1.165) is 11.3 Å². The highest BCUT2D eigenvalue weighted by Crippen LogP contribution is 2.50. The molecule has 1 nitrogen and oxygen atoms in total. The van der Waals surface area contributed by atoms with Crippen LogP contribution in [-0.2, 0) is 0 Å². The van der Waals surface area contributed by atoms with E-state index in [1.54, 1.807) is 7.11 Å². The van der Waals surface area contributed by atoms with Gasteiger partial charge in [0.1, 0.15) is 5.75 Å². The minimum Gasteiger partial charge on any atom is -0.497 e. The lowest BCUT2D eigenvalue weighted by Crippen LogP contribution is -1.83. The van der Waals surface area contributed by atoms with E-state index < -0.39 is 0 Å². The molecule has 0 heterocycles. The average molecular weight is 165 g/mol. The van der Waals surface area contributed by atoms with Gasteiger partial charge in [-0.05, 0) is 24.1 Å². The fourth-order valence-electron chi connectivity index (χ4n) is 1.27. The quantitative estimate of drug-likeness (QED) is 0.654. The Morgan fingerprint density at radius 3 is 2.33 bits per heavy atom. The maximum absolute atomic E-state index is 12.5. The Labute approximate surface area is 71.2 Å². The second kappa shape index (κ2) is 2.77. The minimum absolute atomic E-state index is 0.0657. The lowest BCUT2D eigenvalue weighted by molar-refractivity contribution is 0.414. The zero-order chi connectivity index (χ0) is 8.55. The number of halogens is 1. The van der Waals surface area contributed by atoms with Gasteiger partial charge in [-0.3, -0.25) is 0 Å². The van der Waals surface area contributed by atoms with Crippen molar-refractivity contribution >= 4 is 0 Å². The van der Waals surface area contributed by atoms with Crippen LogP contribution in [0.3, 0.4) is 0 Å². The predicted molar refractivity (Wildman–Crippen MR) is 44.7 cm³/mol. The van der Waals surface area contributed by atoms with E-state index in [0.29, 0.717) is 6.42 Å². The molecule has 0 aromatic heterocycles. The molecule has 1 aromatic rings. The fourth-order valence-corrected chi connectivity index (χ4v) is 1.27. The molecule has 0 N–H and O–H groups in total. The van der Waals surface area contributed by atoms with Crippen molar-refractivity contribution in [1.82, 2.24) is 0 Å². The zero-order valence-corrected chi connectivity index (χ0v) is 6.88. The van der Waals surface area contributed by atoms with E-state index in [9.17, 15) is 4.39 Å². The van der Waals surface area contributed by atoms with Gasteiger partial charge in [-0.25, -0.2) is 4.39 Å². The van der Waals surface area contributed by atoms with E-state index in [1.807, 2.05) is 24.3 Å². The van der Waals surface area contributed by atoms with Crippen LogP contribution in [0.25, 0.3) is 0 Å². The van der Waals surface area contributed by atoms with Crippen molar-refractivity contribution < 1.29 is 9.13 Å². The van der Waals surface area contributed by atoms with E-state index in [-0.39, 0.29) is 12.1 Å². The van der Waals surface area contributed by atoms with Gasteiger partial charge in [0.2, 0.25) is 0 Å². The van der Waals surface area contributed by atoms with Gasteiger partial charge < -0.3 is 4.74 Å². The zero-order valence-electron chi connectivity index (χ0n) is 6.88. The molecule has 1 radical (unpaired) electrons. The van der Waals surface area contributed by atoms with Gasteiger partial charge in [-0.15, -0.1) is 0 Å². The second-order valence-corrected chi connectivity index (χ2v) is 2.98. The predicted octanol–water partition coefficient (Wildman–Crippen LogP) is 2.68. The van der Waals surface area contributed by atoms with Crippen LogP contribution < -0.4 is 4.74 Å². The van der Waals surface area contributed by atoms with Crippen LogP contribution in [0.2, 0.25) is 0 Å². The molecule has 0 bridgehead atoms. The molecule has 0 spiro atoms. The minimum atomic E-state index is 0.0657. The third kappa shape index (κ3) is 1.29. The number of methoxy groups -OCH3 is 1. The first kappa shape index (κ1) is 7.59. The first-order chi connectivity index (χ1) is 5.81. The number of hydrogen-bond acceptors (Lipinski definition) is 1. The number of hydrogen-bond donors (Lipinski definition) is 0. The van der Waals surface area contributed by atoms with Crippen molar-refractivity contribution in [2.24, 2.45) is 0 Å². The van der Waals surface area contributed by atoms with E-state index >= 15 is 0 Å². The highest BCUT2D eigenvalue weighted by atomic mass is 19.1. The molecule has 1 atom stereocenters. The van der Waals surface area contributed by atoms with E-state index in [2.05, 4.69) is 0 Å². The molecule has 1 unspecified atom stereocenters. The van der Waals surface area contributed by atoms with Gasteiger partial charge in [0.05, 0.1) is 7.11 Å². The van der Waals surface area contributed by atoms with Crippen molar-refractivity contribution in [3.63, 3.8) is 0 Å². The Bertz CT molecular complexity index is 268. The summed E-state index contributed by atoms with van der Waals surface area (Å²) in [6.45, 7) is 0. The first-order valence-electron chi connectivity index (χ1n) is 3.96. The van der Waals surface area contributed by atoms with Gasteiger partial charge in [-0.1, -0.05) is 12.1 Å². The van der Waals surface area contributed by atoms with Crippen molar-refractivity contribution in [1.29, 1.82) is 0 Å². The summed E-state index contributed by atoms with van der Waals surface area (Å²) >= 11 is 0. The van der Waals surface area contributed by atoms with Crippen molar-refractivity contribution in [2.75, 3.05) is 7.11 Å². The standard InChI is InChI=1S/C10H10FO/c1-12-8-4-2-7(3-5-8)9-6-10(9)11/h2-5,9H,6H2,1H3.